The van der Waals surface area contributed by atoms with E-state index in [0.29, 0.717) is 12.0 Å². The molecule has 14 heavy (non-hydrogen) atoms. The van der Waals surface area contributed by atoms with E-state index in [1.54, 1.807) is 0 Å². The summed E-state index contributed by atoms with van der Waals surface area (Å²) >= 11 is 0. The Morgan fingerprint density at radius 1 is 1.57 bits per heavy atom. The molecule has 1 atom stereocenters. The van der Waals surface area contributed by atoms with Crippen LogP contribution in [0.3, 0.4) is 0 Å². The summed E-state index contributed by atoms with van der Waals surface area (Å²) in [5, 5.41) is 3.51. The summed E-state index contributed by atoms with van der Waals surface area (Å²) in [5.41, 5.74) is 0. The van der Waals surface area contributed by atoms with Crippen LogP contribution in [0.1, 0.15) is 26.7 Å². The summed E-state index contributed by atoms with van der Waals surface area (Å²) < 4.78 is 0. The number of hydrogen-bond acceptors (Lipinski definition) is 2. The third-order valence-electron chi connectivity index (χ3n) is 2.58. The molecule has 0 radical (unpaired) electrons. The van der Waals surface area contributed by atoms with Crippen LogP contribution in [0.2, 0.25) is 0 Å². The number of nitrogens with one attached hydrogen (secondary N) is 1. The average molecular weight is 194 g/mol. The molecule has 0 bridgehead atoms. The number of nitrogens with zero attached hydrogens (tertiary/aromatic N) is 1. The molecule has 2 nitrogen and oxygen atoms in total. The van der Waals surface area contributed by atoms with Gasteiger partial charge in [0.25, 0.3) is 0 Å². The van der Waals surface area contributed by atoms with Gasteiger partial charge in [-0.25, -0.2) is 0 Å². The minimum absolute atomic E-state index is 0.669. The lowest BCUT2D eigenvalue weighted by atomic mass is 10.1. The van der Waals surface area contributed by atoms with Gasteiger partial charge in [-0.15, -0.1) is 6.42 Å². The summed E-state index contributed by atoms with van der Waals surface area (Å²) in [5.74, 6) is 3.44. The minimum Gasteiger partial charge on any atom is -0.313 e. The van der Waals surface area contributed by atoms with Gasteiger partial charge in [0.1, 0.15) is 0 Å². The maximum Gasteiger partial charge on any atom is 0.0599 e. The lowest BCUT2D eigenvalue weighted by Gasteiger charge is -2.25. The van der Waals surface area contributed by atoms with E-state index in [1.807, 2.05) is 0 Å². The Morgan fingerprint density at radius 2 is 2.36 bits per heavy atom. The Hall–Kier alpha value is -0.520. The molecule has 80 valence electrons. The van der Waals surface area contributed by atoms with Crippen LogP contribution in [0.5, 0.6) is 0 Å². The van der Waals surface area contributed by atoms with E-state index in [9.17, 15) is 0 Å². The van der Waals surface area contributed by atoms with Crippen molar-refractivity contribution < 1.29 is 0 Å². The van der Waals surface area contributed by atoms with Crippen molar-refractivity contribution in [2.45, 2.75) is 32.7 Å². The zero-order valence-corrected chi connectivity index (χ0v) is 9.42. The van der Waals surface area contributed by atoms with Crippen molar-refractivity contribution in [2.24, 2.45) is 5.92 Å². The Bertz CT molecular complexity index is 187. The van der Waals surface area contributed by atoms with Gasteiger partial charge in [0.05, 0.1) is 6.54 Å². The summed E-state index contributed by atoms with van der Waals surface area (Å²) in [7, 11) is 0. The van der Waals surface area contributed by atoms with Crippen molar-refractivity contribution in [3.63, 3.8) is 0 Å². The lowest BCUT2D eigenvalue weighted by Crippen LogP contribution is -2.39. The molecule has 0 spiro atoms. The van der Waals surface area contributed by atoms with Gasteiger partial charge in [-0.05, 0) is 25.3 Å². The molecule has 1 unspecified atom stereocenters. The van der Waals surface area contributed by atoms with E-state index >= 15 is 0 Å². The standard InChI is InChI=1S/C12H22N2/c1-4-8-14(9-11(2)3)10-12-6-5-7-13-12/h1,11-13H,5-10H2,2-3H3. The van der Waals surface area contributed by atoms with Crippen molar-refractivity contribution in [3.8, 4) is 12.3 Å². The van der Waals surface area contributed by atoms with Crippen LogP contribution in [0.4, 0.5) is 0 Å². The first-order valence-electron chi connectivity index (χ1n) is 5.61. The zero-order chi connectivity index (χ0) is 10.4. The van der Waals surface area contributed by atoms with Crippen molar-refractivity contribution in [3.05, 3.63) is 0 Å². The maximum atomic E-state index is 5.37. The maximum absolute atomic E-state index is 5.37. The Balaban J connectivity index is 2.30. The van der Waals surface area contributed by atoms with Gasteiger partial charge in [-0.2, -0.15) is 0 Å². The van der Waals surface area contributed by atoms with E-state index < -0.39 is 0 Å². The normalized spacial score (nSPS) is 21.8. The summed E-state index contributed by atoms with van der Waals surface area (Å²) in [6.45, 7) is 8.68. The molecule has 1 heterocycles. The van der Waals surface area contributed by atoms with Gasteiger partial charge in [0, 0.05) is 19.1 Å². The van der Waals surface area contributed by atoms with Gasteiger partial charge in [-0.3, -0.25) is 4.90 Å². The molecule has 0 aromatic carbocycles. The highest BCUT2D eigenvalue weighted by Gasteiger charge is 2.17. The van der Waals surface area contributed by atoms with Gasteiger partial charge in [-0.1, -0.05) is 19.8 Å². The van der Waals surface area contributed by atoms with Crippen LogP contribution in [0.15, 0.2) is 0 Å². The van der Waals surface area contributed by atoms with Crippen LogP contribution in [0, 0.1) is 18.3 Å². The van der Waals surface area contributed by atoms with Gasteiger partial charge >= 0.3 is 0 Å². The molecule has 0 amide bonds. The molecule has 0 aromatic heterocycles. The van der Waals surface area contributed by atoms with Gasteiger partial charge in [0.2, 0.25) is 0 Å². The predicted octanol–water partition coefficient (Wildman–Crippen LogP) is 1.33. The molecule has 1 rings (SSSR count). The summed E-state index contributed by atoms with van der Waals surface area (Å²) in [6.07, 6.45) is 7.99. The largest absolute Gasteiger partial charge is 0.313 e. The molecule has 1 fully saturated rings. The van der Waals surface area contributed by atoms with Crippen LogP contribution >= 0.6 is 0 Å². The van der Waals surface area contributed by atoms with E-state index in [4.69, 9.17) is 6.42 Å². The molecule has 0 aromatic rings. The fraction of sp³-hybridized carbons (Fsp3) is 0.833. The second-order valence-corrected chi connectivity index (χ2v) is 4.59. The average Bonchev–Trinajstić information content (AvgIpc) is 2.56. The Kier molecular flexibility index (Phi) is 5.00. The van der Waals surface area contributed by atoms with E-state index in [1.165, 1.54) is 19.4 Å². The van der Waals surface area contributed by atoms with E-state index in [2.05, 4.69) is 30.0 Å². The highest BCUT2D eigenvalue weighted by molar-refractivity contribution is 4.90. The van der Waals surface area contributed by atoms with Crippen LogP contribution in [-0.2, 0) is 0 Å². The second kappa shape index (κ2) is 6.06. The molecule has 2 heteroatoms. The first-order valence-corrected chi connectivity index (χ1v) is 5.61. The van der Waals surface area contributed by atoms with Crippen molar-refractivity contribution in [2.75, 3.05) is 26.2 Å². The minimum atomic E-state index is 0.669. The fourth-order valence-electron chi connectivity index (χ4n) is 2.07. The molecular weight excluding hydrogens is 172 g/mol. The second-order valence-electron chi connectivity index (χ2n) is 4.59. The Labute approximate surface area is 88.1 Å². The van der Waals surface area contributed by atoms with Gasteiger partial charge in [0.15, 0.2) is 0 Å². The zero-order valence-electron chi connectivity index (χ0n) is 9.42. The van der Waals surface area contributed by atoms with Crippen LogP contribution in [0.25, 0.3) is 0 Å². The third kappa shape index (κ3) is 4.13. The van der Waals surface area contributed by atoms with Crippen molar-refractivity contribution >= 4 is 0 Å². The first-order chi connectivity index (χ1) is 6.72. The number of terminal acetylenes is 1. The number of rotatable bonds is 5. The molecular formula is C12H22N2. The summed E-state index contributed by atoms with van der Waals surface area (Å²) in [4.78, 5) is 2.38. The molecule has 1 N–H and O–H groups in total. The van der Waals surface area contributed by atoms with Gasteiger partial charge < -0.3 is 5.32 Å². The fourth-order valence-corrected chi connectivity index (χ4v) is 2.07. The monoisotopic (exact) mass is 194 g/mol. The Morgan fingerprint density at radius 3 is 2.86 bits per heavy atom. The molecule has 1 aliphatic rings. The third-order valence-corrected chi connectivity index (χ3v) is 2.58. The lowest BCUT2D eigenvalue weighted by molar-refractivity contribution is 0.249. The molecule has 1 saturated heterocycles. The highest BCUT2D eigenvalue weighted by atomic mass is 15.1. The molecule has 0 saturated carbocycles. The highest BCUT2D eigenvalue weighted by Crippen LogP contribution is 2.08. The SMILES string of the molecule is C#CCN(CC(C)C)CC1CCCN1. The van der Waals surface area contributed by atoms with Crippen LogP contribution in [-0.4, -0.2) is 37.1 Å². The molecule has 0 aliphatic carbocycles. The smallest absolute Gasteiger partial charge is 0.0599 e. The van der Waals surface area contributed by atoms with Crippen molar-refractivity contribution in [1.82, 2.24) is 10.2 Å². The first kappa shape index (κ1) is 11.6. The van der Waals surface area contributed by atoms with Crippen molar-refractivity contribution in [1.29, 1.82) is 0 Å². The van der Waals surface area contributed by atoms with Crippen LogP contribution < -0.4 is 5.32 Å². The number of hydrogen-bond donors (Lipinski definition) is 1. The van der Waals surface area contributed by atoms with E-state index in [-0.39, 0.29) is 0 Å². The quantitative estimate of drug-likeness (QED) is 0.664. The topological polar surface area (TPSA) is 15.3 Å². The summed E-state index contributed by atoms with van der Waals surface area (Å²) in [6, 6.07) is 0.669. The van der Waals surface area contributed by atoms with E-state index in [0.717, 1.165) is 19.6 Å². The predicted molar refractivity (Wildman–Crippen MR) is 61.1 cm³/mol. The molecule has 1 aliphatic heterocycles.